The van der Waals surface area contributed by atoms with E-state index < -0.39 is 42.9 Å². The Morgan fingerprint density at radius 1 is 0.369 bits per heavy atom. The fourth-order valence-electron chi connectivity index (χ4n) is 3.29. The normalized spacial score (nSPS) is 14.7. The Hall–Kier alpha value is -0.459. The Kier molecular flexibility index (Phi) is 43.7. The number of rotatable bonds is 11. The van der Waals surface area contributed by atoms with Crippen LogP contribution >= 0.6 is 88.6 Å². The first kappa shape index (κ1) is 87.6. The summed E-state index contributed by atoms with van der Waals surface area (Å²) >= 11 is 50.0. The molecule has 0 radical (unpaired) electrons. The van der Waals surface area contributed by atoms with Crippen LogP contribution < -0.4 is 0 Å². The predicted molar refractivity (Wildman–Crippen MR) is 310 cm³/mol. The second-order valence-corrected chi connectivity index (χ2v) is 68.2. The van der Waals surface area contributed by atoms with E-state index in [-0.39, 0.29) is 25.2 Å². The first-order chi connectivity index (χ1) is 26.0. The first-order valence-electron chi connectivity index (χ1n) is 21.8. The van der Waals surface area contributed by atoms with Gasteiger partial charge in [0, 0.05) is 13.2 Å². The molecular formula is C45H102Cl8O2Rf4Si6-4. The van der Waals surface area contributed by atoms with Crippen molar-refractivity contribution >= 4 is 132 Å². The van der Waals surface area contributed by atoms with Crippen molar-refractivity contribution in [3.8, 4) is 0 Å². The van der Waals surface area contributed by atoms with E-state index in [0.29, 0.717) is 23.1 Å². The molecule has 2 nitrogen and oxygen atoms in total. The molecule has 0 aromatic heterocycles. The van der Waals surface area contributed by atoms with Gasteiger partial charge >= 0.3 is 0 Å². The average Bonchev–Trinajstić information content (AvgIpc) is 2.98. The van der Waals surface area contributed by atoms with Crippen molar-refractivity contribution in [2.75, 3.05) is 13.2 Å². The molecule has 20 heteroatoms. The van der Waals surface area contributed by atoms with Gasteiger partial charge in [-0.15, -0.1) is 44.3 Å². The summed E-state index contributed by atoms with van der Waals surface area (Å²) in [6, 6.07) is 3.57. The van der Waals surface area contributed by atoms with Gasteiger partial charge in [-0.25, -0.2) is 14.2 Å². The van der Waals surface area contributed by atoms with Crippen molar-refractivity contribution in [2.45, 2.75) is 245 Å². The molecule has 0 spiro atoms. The van der Waals surface area contributed by atoms with Gasteiger partial charge in [0.1, 0.15) is 7.38 Å². The van der Waals surface area contributed by atoms with E-state index in [4.69, 9.17) is 98.1 Å². The zero-order valence-electron chi connectivity index (χ0n) is 47.7. The second-order valence-electron chi connectivity index (χ2n) is 24.4. The van der Waals surface area contributed by atoms with Crippen LogP contribution in [0.25, 0.3) is 0 Å². The van der Waals surface area contributed by atoms with Gasteiger partial charge in [0.2, 0.25) is 6.69 Å². The third-order valence-corrected chi connectivity index (χ3v) is 51.5. The maximum atomic E-state index is 6.51. The van der Waals surface area contributed by atoms with E-state index >= 15 is 0 Å². The zero-order valence-corrected chi connectivity index (χ0v) is 85.3. The third kappa shape index (κ3) is 37.1. The number of ether oxygens (including phenoxy) is 2. The van der Waals surface area contributed by atoms with E-state index in [1.165, 1.54) is 0 Å². The van der Waals surface area contributed by atoms with Gasteiger partial charge in [-0.3, -0.25) is 0 Å². The van der Waals surface area contributed by atoms with Crippen LogP contribution in [0, 0.1) is 33.5 Å². The summed E-state index contributed by atoms with van der Waals surface area (Å²) in [5.41, 5.74) is 0.310. The largest absolute Gasteiger partial charge is 0.555 e. The maximum absolute atomic E-state index is 6.51. The molecule has 0 aromatic carbocycles. The fraction of sp³-hybridized carbons (Fsp3) is 0.911. The van der Waals surface area contributed by atoms with Gasteiger partial charge in [-0.1, -0.05) is 178 Å². The van der Waals surface area contributed by atoms with Crippen LogP contribution in [0.3, 0.4) is 0 Å². The van der Waals surface area contributed by atoms with Crippen LogP contribution in [0.1, 0.15) is 151 Å². The molecule has 2 atom stereocenters. The van der Waals surface area contributed by atoms with Crippen molar-refractivity contribution in [2.24, 2.45) is 5.41 Å². The molecule has 0 aliphatic heterocycles. The van der Waals surface area contributed by atoms with Crippen LogP contribution in [0.15, 0.2) is 0 Å². The minimum absolute atomic E-state index is 0. The van der Waals surface area contributed by atoms with Crippen LogP contribution in [0.4, 0.5) is 0 Å². The molecular weight excluding hydrogens is 2090 g/mol. The zero-order chi connectivity index (χ0) is 51.6. The van der Waals surface area contributed by atoms with E-state index in [1.54, 1.807) is 0 Å². The van der Waals surface area contributed by atoms with Crippen LogP contribution in [0.5, 0.6) is 0 Å². The molecule has 65 heavy (non-hydrogen) atoms. The minimum atomic E-state index is -2.11. The van der Waals surface area contributed by atoms with Crippen molar-refractivity contribution in [3.05, 3.63) is 28.1 Å². The Morgan fingerprint density at radius 3 is 0.738 bits per heavy atom. The summed E-state index contributed by atoms with van der Waals surface area (Å²) in [6.07, 6.45) is 1.94. The monoisotopic (exact) mass is 2190 g/mol. The Bertz CT molecular complexity index is 1050. The minimum Gasteiger partial charge on any atom is -0.555 e. The first-order valence-corrected chi connectivity index (χ1v) is 45.8. The number of hydrogen-bond acceptors (Lipinski definition) is 2. The van der Waals surface area contributed by atoms with Gasteiger partial charge in [0.15, 0.2) is 22.2 Å². The quantitative estimate of drug-likeness (QED) is 0.0888. The summed E-state index contributed by atoms with van der Waals surface area (Å²) < 4.78 is 9.47. The van der Waals surface area contributed by atoms with Crippen LogP contribution in [0.2, 0.25) is 93.7 Å². The molecule has 0 aromatic rings. The topological polar surface area (TPSA) is 18.5 Å². The molecule has 0 heterocycles. The number of hydrogen-bond donors (Lipinski definition) is 0. The molecule has 0 fully saturated rings. The van der Waals surface area contributed by atoms with E-state index in [9.17, 15) is 0 Å². The van der Waals surface area contributed by atoms with Gasteiger partial charge in [-0.05, 0) is 60.6 Å². The summed E-state index contributed by atoms with van der Waals surface area (Å²) in [4.78, 5) is 0. The molecule has 0 saturated heterocycles. The summed E-state index contributed by atoms with van der Waals surface area (Å²) in [5.74, 6) is 0. The molecule has 0 aliphatic rings. The molecule has 386 valence electrons. The van der Waals surface area contributed by atoms with E-state index in [0.717, 1.165) is 37.6 Å². The molecule has 0 rings (SSSR count). The summed E-state index contributed by atoms with van der Waals surface area (Å²) in [6.45, 7) is 61.6. The summed E-state index contributed by atoms with van der Waals surface area (Å²) in [7, 11) is 0.606. The van der Waals surface area contributed by atoms with Gasteiger partial charge in [0.25, 0.3) is 6.69 Å². The number of halogens is 8. The Balaban J connectivity index is -0.0000000694. The Labute approximate surface area is 428 Å². The van der Waals surface area contributed by atoms with E-state index in [1.807, 2.05) is 0 Å². The third-order valence-electron chi connectivity index (χ3n) is 13.0. The van der Waals surface area contributed by atoms with E-state index in [2.05, 4.69) is 206 Å². The molecule has 0 N–H and O–H groups in total. The average molecular weight is 2200 g/mol. The molecule has 2 unspecified atom stereocenters. The SMILES string of the molecule is CC(C)(C)C(C)(C)[Si](C)(C)Cl.CC(C)(C)[Si](C)(C)Cl.[CH2-]C[Si](C)(Cl)C(C)(C)C.[CH2-]C[Si](Cl)(Cl)C(C)(C)C.[CH2-]OCCC[Si](C)(Cl)C(C)(C)C.[CH2-]OCCC[Si](Cl)(Cl)C(C)(C)C.[Rf].[Rf].[Rf].[Rf]. The maximum Gasteiger partial charge on any atom is 0.256 e. The van der Waals surface area contributed by atoms with Gasteiger partial charge in [-0.2, -0.15) is 56.4 Å². The van der Waals surface area contributed by atoms with Crippen molar-refractivity contribution < 1.29 is 9.47 Å². The predicted octanol–water partition coefficient (Wildman–Crippen LogP) is 22.2. The summed E-state index contributed by atoms with van der Waals surface area (Å²) in [5, 5.41) is 1.28. The van der Waals surface area contributed by atoms with Crippen LogP contribution in [-0.2, 0) is 9.47 Å². The second kappa shape index (κ2) is 32.4. The fourth-order valence-corrected chi connectivity index (χ4v) is 11.5. The van der Waals surface area contributed by atoms with Crippen LogP contribution in [-0.4, -0.2) is 56.1 Å². The smallest absolute Gasteiger partial charge is 0.256 e. The molecule has 0 bridgehead atoms. The molecule has 0 saturated carbocycles. The van der Waals surface area contributed by atoms with Crippen molar-refractivity contribution in [1.29, 1.82) is 0 Å². The molecule has 0 amide bonds. The van der Waals surface area contributed by atoms with Crippen molar-refractivity contribution in [1.82, 2.24) is 0 Å². The standard InChI is InChI=1S/C9H20ClOSi.C9H21ClSi.C8H17Cl2OSi.C7H16ClSi.C6H13Cl2Si.C6H15ClSi.4Rf/c1-9(2,3)12(5,10)8-6-7-11-4;1-8(2,3)9(4,5)11(6,7)10;1-8(2,3)12(9,10)7-5-6-11-4;1-6-9(5,8)7(2,3)4;1-5-9(7,8)6(2,3)4;1-6(2,3)8(4,5)7;;;;/h4,6-8H2,1-3,5H3;1-7H3;4-7H2,1-3H3;1,6H2,2-5H3;1,5H2,2-4H3;1-5H3;;;;/q-1;;3*-1;;;;;. The Morgan fingerprint density at radius 2 is 0.631 bits per heavy atom. The van der Waals surface area contributed by atoms with Crippen molar-refractivity contribution in [3.63, 3.8) is 0 Å². The van der Waals surface area contributed by atoms with Gasteiger partial charge < -0.3 is 23.3 Å². The molecule has 0 aliphatic carbocycles. The van der Waals surface area contributed by atoms with Gasteiger partial charge in [0.05, 0.1) is 0 Å².